The quantitative estimate of drug-likeness (QED) is 0.624. The van der Waals surface area contributed by atoms with E-state index in [0.717, 1.165) is 13.1 Å². The molecule has 3 N–H and O–H groups in total. The smallest absolute Gasteiger partial charge is 0.225 e. The van der Waals surface area contributed by atoms with E-state index < -0.39 is 5.54 Å². The summed E-state index contributed by atoms with van der Waals surface area (Å²) in [6, 6.07) is 0. The molecular formula is C12H22N2O3. The second-order valence-corrected chi connectivity index (χ2v) is 5.28. The lowest BCUT2D eigenvalue weighted by Crippen LogP contribution is -2.56. The molecule has 0 aromatic carbocycles. The van der Waals surface area contributed by atoms with Crippen LogP contribution in [0.4, 0.5) is 0 Å². The first-order valence-corrected chi connectivity index (χ1v) is 6.38. The number of nitrogens with one attached hydrogen (secondary N) is 2. The zero-order valence-corrected chi connectivity index (χ0v) is 10.4. The van der Waals surface area contributed by atoms with Crippen molar-refractivity contribution < 1.29 is 14.6 Å². The zero-order valence-electron chi connectivity index (χ0n) is 10.4. The van der Waals surface area contributed by atoms with Gasteiger partial charge in [0.2, 0.25) is 5.91 Å². The molecule has 0 aliphatic carbocycles. The van der Waals surface area contributed by atoms with Gasteiger partial charge in [-0.05, 0) is 25.3 Å². The van der Waals surface area contributed by atoms with Gasteiger partial charge < -0.3 is 20.5 Å². The summed E-state index contributed by atoms with van der Waals surface area (Å²) >= 11 is 0. The van der Waals surface area contributed by atoms with E-state index in [1.165, 1.54) is 0 Å². The number of hydrogen-bond acceptors (Lipinski definition) is 4. The van der Waals surface area contributed by atoms with Crippen molar-refractivity contribution in [3.05, 3.63) is 0 Å². The van der Waals surface area contributed by atoms with E-state index in [1.54, 1.807) is 0 Å². The number of carbonyl (C=O) groups is 1. The summed E-state index contributed by atoms with van der Waals surface area (Å²) in [4.78, 5) is 12.2. The SMILES string of the molecule is C[C@@H]1CNC[C@H]1C(=O)NC1(CO)CCOCC1. The molecular weight excluding hydrogens is 220 g/mol. The van der Waals surface area contributed by atoms with E-state index in [2.05, 4.69) is 17.6 Å². The van der Waals surface area contributed by atoms with Crippen LogP contribution in [-0.4, -0.2) is 49.5 Å². The molecule has 5 heteroatoms. The summed E-state index contributed by atoms with van der Waals surface area (Å²) in [5.74, 6) is 0.463. The zero-order chi connectivity index (χ0) is 12.3. The Morgan fingerprint density at radius 1 is 1.47 bits per heavy atom. The van der Waals surface area contributed by atoms with E-state index in [4.69, 9.17) is 4.74 Å². The molecule has 2 saturated heterocycles. The lowest BCUT2D eigenvalue weighted by atomic mass is 9.89. The Morgan fingerprint density at radius 3 is 2.71 bits per heavy atom. The molecule has 2 heterocycles. The van der Waals surface area contributed by atoms with Gasteiger partial charge >= 0.3 is 0 Å². The minimum Gasteiger partial charge on any atom is -0.394 e. The maximum Gasteiger partial charge on any atom is 0.225 e. The van der Waals surface area contributed by atoms with Crippen molar-refractivity contribution in [2.45, 2.75) is 25.3 Å². The summed E-state index contributed by atoms with van der Waals surface area (Å²) in [7, 11) is 0. The average Bonchev–Trinajstić information content (AvgIpc) is 2.77. The van der Waals surface area contributed by atoms with E-state index >= 15 is 0 Å². The van der Waals surface area contributed by atoms with Crippen LogP contribution in [0.1, 0.15) is 19.8 Å². The van der Waals surface area contributed by atoms with Crippen LogP contribution in [-0.2, 0) is 9.53 Å². The summed E-state index contributed by atoms with van der Waals surface area (Å²) in [5.41, 5.74) is -0.461. The normalized spacial score (nSPS) is 32.4. The molecule has 2 fully saturated rings. The van der Waals surface area contributed by atoms with E-state index in [0.29, 0.717) is 32.0 Å². The summed E-state index contributed by atoms with van der Waals surface area (Å²) in [6.45, 7) is 4.94. The van der Waals surface area contributed by atoms with Crippen LogP contribution in [0.15, 0.2) is 0 Å². The number of hydrogen-bond donors (Lipinski definition) is 3. The van der Waals surface area contributed by atoms with Crippen molar-refractivity contribution in [3.8, 4) is 0 Å². The maximum atomic E-state index is 12.2. The number of carbonyl (C=O) groups excluding carboxylic acids is 1. The molecule has 0 aromatic rings. The Balaban J connectivity index is 1.95. The highest BCUT2D eigenvalue weighted by Crippen LogP contribution is 2.23. The highest BCUT2D eigenvalue weighted by molar-refractivity contribution is 5.80. The van der Waals surface area contributed by atoms with E-state index in [-0.39, 0.29) is 18.4 Å². The highest BCUT2D eigenvalue weighted by atomic mass is 16.5. The van der Waals surface area contributed by atoms with Gasteiger partial charge in [-0.3, -0.25) is 4.79 Å². The molecule has 0 aromatic heterocycles. The third kappa shape index (κ3) is 2.78. The van der Waals surface area contributed by atoms with Crippen LogP contribution in [0.2, 0.25) is 0 Å². The topological polar surface area (TPSA) is 70.6 Å². The molecule has 0 bridgehead atoms. The molecule has 0 saturated carbocycles. The number of amides is 1. The molecule has 2 aliphatic rings. The number of aliphatic hydroxyl groups excluding tert-OH is 1. The fourth-order valence-corrected chi connectivity index (χ4v) is 2.60. The molecule has 2 aliphatic heterocycles. The Bertz CT molecular complexity index is 277. The van der Waals surface area contributed by atoms with Crippen LogP contribution in [0.25, 0.3) is 0 Å². The molecule has 98 valence electrons. The summed E-state index contributed by atoms with van der Waals surface area (Å²) < 4.78 is 5.28. The first-order valence-electron chi connectivity index (χ1n) is 6.38. The Hall–Kier alpha value is -0.650. The Labute approximate surface area is 102 Å². The van der Waals surface area contributed by atoms with Gasteiger partial charge in [0, 0.05) is 19.8 Å². The van der Waals surface area contributed by atoms with Gasteiger partial charge in [-0.2, -0.15) is 0 Å². The minimum atomic E-state index is -0.461. The highest BCUT2D eigenvalue weighted by Gasteiger charge is 2.37. The van der Waals surface area contributed by atoms with Gasteiger partial charge in [-0.15, -0.1) is 0 Å². The second kappa shape index (κ2) is 5.33. The lowest BCUT2D eigenvalue weighted by Gasteiger charge is -2.37. The summed E-state index contributed by atoms with van der Waals surface area (Å²) in [5, 5.41) is 15.8. The second-order valence-electron chi connectivity index (χ2n) is 5.28. The van der Waals surface area contributed by atoms with Crippen molar-refractivity contribution in [3.63, 3.8) is 0 Å². The third-order valence-corrected chi connectivity index (χ3v) is 4.00. The fraction of sp³-hybridized carbons (Fsp3) is 0.917. The molecule has 2 rings (SSSR count). The first-order chi connectivity index (χ1) is 8.17. The molecule has 2 atom stereocenters. The van der Waals surface area contributed by atoms with Crippen LogP contribution in [0.5, 0.6) is 0 Å². The standard InChI is InChI=1S/C12H22N2O3/c1-9-6-13-7-10(9)11(16)14-12(8-15)2-4-17-5-3-12/h9-10,13,15H,2-8H2,1H3,(H,14,16)/t9-,10-/m1/s1. The van der Waals surface area contributed by atoms with Gasteiger partial charge in [0.25, 0.3) is 0 Å². The predicted molar refractivity (Wildman–Crippen MR) is 63.5 cm³/mol. The number of ether oxygens (including phenoxy) is 1. The number of aliphatic hydroxyl groups is 1. The molecule has 1 amide bonds. The Kier molecular flexibility index (Phi) is 4.01. The van der Waals surface area contributed by atoms with Crippen LogP contribution >= 0.6 is 0 Å². The van der Waals surface area contributed by atoms with Crippen LogP contribution < -0.4 is 10.6 Å². The van der Waals surface area contributed by atoms with Gasteiger partial charge in [0.1, 0.15) is 0 Å². The maximum absolute atomic E-state index is 12.2. The molecule has 0 radical (unpaired) electrons. The van der Waals surface area contributed by atoms with Crippen LogP contribution in [0, 0.1) is 11.8 Å². The van der Waals surface area contributed by atoms with Crippen molar-refractivity contribution in [2.24, 2.45) is 11.8 Å². The number of rotatable bonds is 3. The van der Waals surface area contributed by atoms with Crippen molar-refractivity contribution in [2.75, 3.05) is 32.9 Å². The molecule has 0 unspecified atom stereocenters. The average molecular weight is 242 g/mol. The minimum absolute atomic E-state index is 0.00334. The summed E-state index contributed by atoms with van der Waals surface area (Å²) in [6.07, 6.45) is 1.40. The van der Waals surface area contributed by atoms with Crippen LogP contribution in [0.3, 0.4) is 0 Å². The Morgan fingerprint density at radius 2 is 2.18 bits per heavy atom. The monoisotopic (exact) mass is 242 g/mol. The van der Waals surface area contributed by atoms with Crippen molar-refractivity contribution >= 4 is 5.91 Å². The van der Waals surface area contributed by atoms with Gasteiger partial charge in [-0.1, -0.05) is 6.92 Å². The van der Waals surface area contributed by atoms with Gasteiger partial charge in [0.05, 0.1) is 18.1 Å². The van der Waals surface area contributed by atoms with Crippen molar-refractivity contribution in [1.82, 2.24) is 10.6 Å². The fourth-order valence-electron chi connectivity index (χ4n) is 2.60. The largest absolute Gasteiger partial charge is 0.394 e. The van der Waals surface area contributed by atoms with Crippen molar-refractivity contribution in [1.29, 1.82) is 0 Å². The lowest BCUT2D eigenvalue weighted by molar-refractivity contribution is -0.129. The van der Waals surface area contributed by atoms with E-state index in [1.807, 2.05) is 0 Å². The molecule has 5 nitrogen and oxygen atoms in total. The van der Waals surface area contributed by atoms with E-state index in [9.17, 15) is 9.90 Å². The van der Waals surface area contributed by atoms with Gasteiger partial charge in [-0.25, -0.2) is 0 Å². The first kappa shape index (κ1) is 12.8. The third-order valence-electron chi connectivity index (χ3n) is 4.00. The molecule has 0 spiro atoms. The predicted octanol–water partition coefficient (Wildman–Crippen LogP) is -0.500. The van der Waals surface area contributed by atoms with Gasteiger partial charge in [0.15, 0.2) is 0 Å². The molecule has 17 heavy (non-hydrogen) atoms.